The molecule has 0 saturated heterocycles. The number of ketones is 2. The number of phenolic OH excluding ortho intramolecular Hbond substituents is 2. The lowest BCUT2D eigenvalue weighted by Crippen LogP contribution is -2.45. The highest BCUT2D eigenvalue weighted by Gasteiger charge is 2.48. The minimum absolute atomic E-state index is 0.00320. The molecule has 2 aromatic rings. The lowest BCUT2D eigenvalue weighted by atomic mass is 9.80. The van der Waals surface area contributed by atoms with Crippen LogP contribution in [0, 0.1) is 0 Å². The summed E-state index contributed by atoms with van der Waals surface area (Å²) in [5.74, 6) is -1.37. The van der Waals surface area contributed by atoms with Gasteiger partial charge < -0.3 is 14.9 Å². The zero-order chi connectivity index (χ0) is 21.9. The topological polar surface area (TPSA) is 83.8 Å². The van der Waals surface area contributed by atoms with Crippen molar-refractivity contribution in [3.63, 3.8) is 0 Å². The average molecular weight is 406 g/mol. The Morgan fingerprint density at radius 3 is 2.50 bits per heavy atom. The summed E-state index contributed by atoms with van der Waals surface area (Å²) in [6.07, 6.45) is 4.94. The molecule has 30 heavy (non-hydrogen) atoms. The van der Waals surface area contributed by atoms with E-state index in [2.05, 4.69) is 6.08 Å². The van der Waals surface area contributed by atoms with Gasteiger partial charge in [0, 0.05) is 17.7 Å². The minimum atomic E-state index is -1.55. The van der Waals surface area contributed by atoms with Gasteiger partial charge in [0.2, 0.25) is 11.4 Å². The first-order chi connectivity index (χ1) is 14.2. The van der Waals surface area contributed by atoms with E-state index < -0.39 is 11.4 Å². The summed E-state index contributed by atoms with van der Waals surface area (Å²) in [4.78, 5) is 26.4. The van der Waals surface area contributed by atoms with Crippen molar-refractivity contribution in [1.82, 2.24) is 0 Å². The number of fused-ring (bicyclic) bond motifs is 1. The van der Waals surface area contributed by atoms with Crippen LogP contribution in [-0.2, 0) is 10.4 Å². The van der Waals surface area contributed by atoms with Crippen molar-refractivity contribution < 1.29 is 24.5 Å². The number of carbonyl (C=O) groups is 2. The Bertz CT molecular complexity index is 1030. The van der Waals surface area contributed by atoms with Gasteiger partial charge in [0.15, 0.2) is 5.78 Å². The zero-order valence-corrected chi connectivity index (χ0v) is 17.4. The zero-order valence-electron chi connectivity index (χ0n) is 17.4. The molecule has 0 fully saturated rings. The van der Waals surface area contributed by atoms with Gasteiger partial charge in [-0.1, -0.05) is 47.6 Å². The second-order valence-electron chi connectivity index (χ2n) is 7.91. The van der Waals surface area contributed by atoms with Gasteiger partial charge in [-0.2, -0.15) is 0 Å². The van der Waals surface area contributed by atoms with E-state index in [0.29, 0.717) is 12.0 Å². The number of ether oxygens (including phenoxy) is 1. The van der Waals surface area contributed by atoms with Crippen LogP contribution in [0.5, 0.6) is 17.2 Å². The smallest absolute Gasteiger partial charge is 0.204 e. The van der Waals surface area contributed by atoms with Crippen molar-refractivity contribution in [3.8, 4) is 17.2 Å². The molecule has 5 nitrogen and oxygen atoms in total. The van der Waals surface area contributed by atoms with E-state index in [4.69, 9.17) is 4.74 Å². The van der Waals surface area contributed by atoms with Crippen LogP contribution in [0.1, 0.15) is 56.0 Å². The van der Waals surface area contributed by atoms with E-state index in [0.717, 1.165) is 18.1 Å². The summed E-state index contributed by atoms with van der Waals surface area (Å²) in [5, 5.41) is 20.0. The van der Waals surface area contributed by atoms with Gasteiger partial charge in [-0.25, -0.2) is 0 Å². The Labute approximate surface area is 176 Å². The van der Waals surface area contributed by atoms with Crippen molar-refractivity contribution in [1.29, 1.82) is 0 Å². The van der Waals surface area contributed by atoms with Crippen LogP contribution in [-0.4, -0.2) is 21.8 Å². The number of carbonyl (C=O) groups excluding carboxylic acids is 2. The fourth-order valence-electron chi connectivity index (χ4n) is 3.63. The summed E-state index contributed by atoms with van der Waals surface area (Å²) >= 11 is 0. The summed E-state index contributed by atoms with van der Waals surface area (Å²) in [6, 6.07) is 11.2. The maximum absolute atomic E-state index is 13.5. The molecule has 1 aliphatic heterocycles. The number of benzene rings is 2. The summed E-state index contributed by atoms with van der Waals surface area (Å²) in [6.45, 7) is 5.93. The number of allylic oxidation sites excluding steroid dienone is 3. The fraction of sp³-hybridized carbons (Fsp3) is 0.280. The fourth-order valence-corrected chi connectivity index (χ4v) is 3.63. The van der Waals surface area contributed by atoms with Crippen molar-refractivity contribution >= 4 is 11.6 Å². The van der Waals surface area contributed by atoms with Crippen LogP contribution in [0.2, 0.25) is 0 Å². The third kappa shape index (κ3) is 4.30. The van der Waals surface area contributed by atoms with Crippen molar-refractivity contribution in [2.75, 3.05) is 0 Å². The van der Waals surface area contributed by atoms with Crippen LogP contribution < -0.4 is 4.74 Å². The second kappa shape index (κ2) is 8.57. The maximum atomic E-state index is 13.5. The normalized spacial score (nSPS) is 18.4. The highest BCUT2D eigenvalue weighted by atomic mass is 16.5. The van der Waals surface area contributed by atoms with E-state index in [-0.39, 0.29) is 35.0 Å². The Hall–Kier alpha value is -3.34. The van der Waals surface area contributed by atoms with E-state index in [1.165, 1.54) is 17.7 Å². The lowest BCUT2D eigenvalue weighted by Gasteiger charge is -2.36. The average Bonchev–Trinajstić information content (AvgIpc) is 2.67. The Morgan fingerprint density at radius 2 is 1.83 bits per heavy atom. The molecular formula is C25H26O5. The van der Waals surface area contributed by atoms with Gasteiger partial charge in [-0.05, 0) is 39.7 Å². The quantitative estimate of drug-likeness (QED) is 0.507. The molecule has 0 radical (unpaired) electrons. The molecule has 1 heterocycles. The van der Waals surface area contributed by atoms with E-state index >= 15 is 0 Å². The van der Waals surface area contributed by atoms with Gasteiger partial charge in [0.25, 0.3) is 0 Å². The van der Waals surface area contributed by atoms with E-state index in [1.54, 1.807) is 24.3 Å². The molecule has 3 rings (SSSR count). The molecule has 2 aromatic carbocycles. The molecule has 5 heteroatoms. The Balaban J connectivity index is 2.05. The van der Waals surface area contributed by atoms with Crippen LogP contribution >= 0.6 is 0 Å². The molecule has 0 amide bonds. The number of Topliss-reactive ketones (excluding diaryl/α,β-unsaturated/α-hetero) is 1. The third-order valence-electron chi connectivity index (χ3n) is 5.15. The van der Waals surface area contributed by atoms with Gasteiger partial charge in [0.1, 0.15) is 22.8 Å². The highest BCUT2D eigenvalue weighted by Crippen LogP contribution is 2.45. The number of hydrogen-bond donors (Lipinski definition) is 2. The minimum Gasteiger partial charge on any atom is -0.508 e. The van der Waals surface area contributed by atoms with E-state index in [1.807, 2.05) is 26.8 Å². The number of phenols is 2. The first kappa shape index (κ1) is 21.4. The molecule has 0 saturated carbocycles. The van der Waals surface area contributed by atoms with Gasteiger partial charge in [-0.15, -0.1) is 0 Å². The van der Waals surface area contributed by atoms with Gasteiger partial charge in [-0.3, -0.25) is 9.59 Å². The molecule has 0 bridgehead atoms. The molecule has 0 unspecified atom stereocenters. The standard InChI is InChI=1S/C25H26O5/c1-16(2)8-7-9-17(3)12-23(29)25(18-10-5-4-6-11-18)15-21(28)24-20(27)13-19(26)14-22(24)30-25/h4-6,8,10-14,26-27H,7,9,15H2,1-3H3/b17-12+/t25-/m0/s1. The van der Waals surface area contributed by atoms with Crippen LogP contribution in [0.25, 0.3) is 0 Å². The van der Waals surface area contributed by atoms with Crippen molar-refractivity contribution in [2.24, 2.45) is 0 Å². The predicted octanol–water partition coefficient (Wildman–Crippen LogP) is 5.22. The van der Waals surface area contributed by atoms with Crippen LogP contribution in [0.4, 0.5) is 0 Å². The molecule has 2 N–H and O–H groups in total. The summed E-state index contributed by atoms with van der Waals surface area (Å²) in [7, 11) is 0. The van der Waals surface area contributed by atoms with Crippen molar-refractivity contribution in [2.45, 2.75) is 45.6 Å². The molecule has 1 atom stereocenters. The van der Waals surface area contributed by atoms with Crippen LogP contribution in [0.15, 0.2) is 65.8 Å². The summed E-state index contributed by atoms with van der Waals surface area (Å²) in [5.41, 5.74) is 1.07. The lowest BCUT2D eigenvalue weighted by molar-refractivity contribution is -0.130. The number of rotatable bonds is 6. The maximum Gasteiger partial charge on any atom is 0.204 e. The molecule has 0 aliphatic carbocycles. The predicted molar refractivity (Wildman–Crippen MR) is 115 cm³/mol. The van der Waals surface area contributed by atoms with E-state index in [9.17, 15) is 19.8 Å². The summed E-state index contributed by atoms with van der Waals surface area (Å²) < 4.78 is 6.10. The third-order valence-corrected chi connectivity index (χ3v) is 5.15. The second-order valence-corrected chi connectivity index (χ2v) is 7.91. The van der Waals surface area contributed by atoms with Crippen LogP contribution in [0.3, 0.4) is 0 Å². The monoisotopic (exact) mass is 406 g/mol. The van der Waals surface area contributed by atoms with Gasteiger partial charge in [0.05, 0.1) is 6.42 Å². The van der Waals surface area contributed by atoms with Gasteiger partial charge >= 0.3 is 0 Å². The number of aromatic hydroxyl groups is 2. The molecule has 156 valence electrons. The SMILES string of the molecule is CC(C)=CCC/C(C)=C/C(=O)[C@@]1(c2ccccc2)CC(=O)c2c(O)cc(O)cc2O1. The number of hydrogen-bond acceptors (Lipinski definition) is 5. The largest absolute Gasteiger partial charge is 0.508 e. The highest BCUT2D eigenvalue weighted by molar-refractivity contribution is 6.09. The van der Waals surface area contributed by atoms with Crippen molar-refractivity contribution in [3.05, 3.63) is 76.9 Å². The molecule has 1 aliphatic rings. The molecular weight excluding hydrogens is 380 g/mol. The first-order valence-electron chi connectivity index (χ1n) is 9.91. The molecule has 0 spiro atoms. The Morgan fingerprint density at radius 1 is 1.13 bits per heavy atom. The Kier molecular flexibility index (Phi) is 6.11. The molecule has 0 aromatic heterocycles. The first-order valence-corrected chi connectivity index (χ1v) is 9.91.